The van der Waals surface area contributed by atoms with E-state index in [0.717, 1.165) is 11.3 Å². The van der Waals surface area contributed by atoms with Crippen molar-refractivity contribution in [3.8, 4) is 0 Å². The van der Waals surface area contributed by atoms with Gasteiger partial charge in [0.05, 0.1) is 13.1 Å². The van der Waals surface area contributed by atoms with E-state index in [-0.39, 0.29) is 11.4 Å². The summed E-state index contributed by atoms with van der Waals surface area (Å²) in [5.41, 5.74) is 5.30. The minimum atomic E-state index is -0.0379. The molecule has 6 nitrogen and oxygen atoms in total. The van der Waals surface area contributed by atoms with Crippen LogP contribution in [-0.4, -0.2) is 14.7 Å². The molecule has 0 spiro atoms. The highest BCUT2D eigenvalue weighted by atomic mass is 32.1. The van der Waals surface area contributed by atoms with Gasteiger partial charge in [0.1, 0.15) is 0 Å². The third kappa shape index (κ3) is 1.73. The fourth-order valence-electron chi connectivity index (χ4n) is 0.998. The summed E-state index contributed by atoms with van der Waals surface area (Å²) >= 11 is 1.13. The van der Waals surface area contributed by atoms with E-state index in [0.29, 0.717) is 18.3 Å². The van der Waals surface area contributed by atoms with Gasteiger partial charge in [-0.2, -0.15) is 4.98 Å². The van der Waals surface area contributed by atoms with Gasteiger partial charge in [0.2, 0.25) is 5.89 Å². The first-order valence-electron chi connectivity index (χ1n) is 3.95. The molecule has 0 aliphatic carbocycles. The van der Waals surface area contributed by atoms with Crippen LogP contribution in [0.15, 0.2) is 20.9 Å². The Morgan fingerprint density at radius 1 is 1.64 bits per heavy atom. The van der Waals surface area contributed by atoms with Gasteiger partial charge in [0.15, 0.2) is 5.82 Å². The molecule has 0 amide bonds. The van der Waals surface area contributed by atoms with Crippen molar-refractivity contribution in [1.82, 2.24) is 14.7 Å². The van der Waals surface area contributed by atoms with Crippen LogP contribution in [-0.2, 0) is 13.1 Å². The Morgan fingerprint density at radius 2 is 2.50 bits per heavy atom. The van der Waals surface area contributed by atoms with E-state index in [1.807, 2.05) is 0 Å². The van der Waals surface area contributed by atoms with Crippen LogP contribution in [0.2, 0.25) is 0 Å². The maximum atomic E-state index is 11.2. The monoisotopic (exact) mass is 212 g/mol. The largest absolute Gasteiger partial charge is 0.338 e. The highest BCUT2D eigenvalue weighted by molar-refractivity contribution is 7.07. The maximum absolute atomic E-state index is 11.2. The van der Waals surface area contributed by atoms with Crippen molar-refractivity contribution in [2.75, 3.05) is 0 Å². The summed E-state index contributed by atoms with van der Waals surface area (Å²) in [6.07, 6.45) is 1.69. The first-order valence-corrected chi connectivity index (χ1v) is 4.83. The Labute approximate surface area is 83.0 Å². The highest BCUT2D eigenvalue weighted by Gasteiger charge is 2.06. The Balaban J connectivity index is 2.19. The van der Waals surface area contributed by atoms with Crippen molar-refractivity contribution in [1.29, 1.82) is 0 Å². The SMILES string of the molecule is NCc1nc(Cn2ccsc2=O)no1. The molecule has 2 aromatic heterocycles. The molecule has 0 aromatic carbocycles. The topological polar surface area (TPSA) is 86.9 Å². The summed E-state index contributed by atoms with van der Waals surface area (Å²) in [7, 11) is 0. The predicted molar refractivity (Wildman–Crippen MR) is 49.9 cm³/mol. The van der Waals surface area contributed by atoms with Crippen molar-refractivity contribution in [3.05, 3.63) is 33.0 Å². The van der Waals surface area contributed by atoms with Gasteiger partial charge in [0.25, 0.3) is 0 Å². The van der Waals surface area contributed by atoms with Gasteiger partial charge >= 0.3 is 4.87 Å². The van der Waals surface area contributed by atoms with Gasteiger partial charge in [-0.3, -0.25) is 9.36 Å². The fraction of sp³-hybridized carbons (Fsp3) is 0.286. The average molecular weight is 212 g/mol. The van der Waals surface area contributed by atoms with Crippen LogP contribution in [0.1, 0.15) is 11.7 Å². The number of thiazole rings is 1. The minimum absolute atomic E-state index is 0.0379. The number of nitrogens with two attached hydrogens (primary N) is 1. The van der Waals surface area contributed by atoms with E-state index in [9.17, 15) is 4.79 Å². The van der Waals surface area contributed by atoms with E-state index in [2.05, 4.69) is 10.1 Å². The third-order valence-corrected chi connectivity index (χ3v) is 2.33. The molecule has 0 aliphatic rings. The summed E-state index contributed by atoms with van der Waals surface area (Å²) in [5, 5.41) is 5.40. The molecule has 14 heavy (non-hydrogen) atoms. The van der Waals surface area contributed by atoms with Gasteiger partial charge in [0, 0.05) is 11.6 Å². The lowest BCUT2D eigenvalue weighted by atomic mass is 10.6. The summed E-state index contributed by atoms with van der Waals surface area (Å²) in [6, 6.07) is 0. The number of aromatic nitrogens is 3. The summed E-state index contributed by atoms with van der Waals surface area (Å²) < 4.78 is 6.31. The van der Waals surface area contributed by atoms with Crippen LogP contribution in [0.5, 0.6) is 0 Å². The molecule has 0 saturated carbocycles. The number of rotatable bonds is 3. The summed E-state index contributed by atoms with van der Waals surface area (Å²) in [5.74, 6) is 0.842. The molecule has 2 N–H and O–H groups in total. The van der Waals surface area contributed by atoms with E-state index >= 15 is 0 Å². The first kappa shape index (κ1) is 9.10. The van der Waals surface area contributed by atoms with E-state index in [4.69, 9.17) is 10.3 Å². The zero-order valence-electron chi connectivity index (χ0n) is 7.21. The third-order valence-electron chi connectivity index (χ3n) is 1.64. The molecule has 0 fully saturated rings. The Morgan fingerprint density at radius 3 is 3.07 bits per heavy atom. The molecule has 0 radical (unpaired) electrons. The molecule has 2 rings (SSSR count). The normalized spacial score (nSPS) is 10.6. The molecule has 2 heterocycles. The summed E-state index contributed by atoms with van der Waals surface area (Å²) in [6.45, 7) is 0.539. The minimum Gasteiger partial charge on any atom is -0.338 e. The molecule has 0 atom stereocenters. The van der Waals surface area contributed by atoms with Crippen molar-refractivity contribution in [3.63, 3.8) is 0 Å². The van der Waals surface area contributed by atoms with Crippen LogP contribution in [0.25, 0.3) is 0 Å². The molecule has 0 saturated heterocycles. The zero-order chi connectivity index (χ0) is 9.97. The lowest BCUT2D eigenvalue weighted by molar-refractivity contribution is 0.373. The lowest BCUT2D eigenvalue weighted by Gasteiger charge is -1.92. The van der Waals surface area contributed by atoms with E-state index in [1.165, 1.54) is 4.57 Å². The van der Waals surface area contributed by atoms with Crippen molar-refractivity contribution >= 4 is 11.3 Å². The van der Waals surface area contributed by atoms with E-state index < -0.39 is 0 Å². The molecular weight excluding hydrogens is 204 g/mol. The van der Waals surface area contributed by atoms with Gasteiger partial charge < -0.3 is 10.3 Å². The number of nitrogens with zero attached hydrogens (tertiary/aromatic N) is 3. The van der Waals surface area contributed by atoms with Crippen LogP contribution >= 0.6 is 11.3 Å². The maximum Gasteiger partial charge on any atom is 0.307 e. The van der Waals surface area contributed by atoms with Crippen molar-refractivity contribution < 1.29 is 4.52 Å². The van der Waals surface area contributed by atoms with Gasteiger partial charge in [-0.15, -0.1) is 0 Å². The van der Waals surface area contributed by atoms with Crippen LogP contribution in [0.3, 0.4) is 0 Å². The second kappa shape index (κ2) is 3.72. The molecule has 7 heteroatoms. The second-order valence-electron chi connectivity index (χ2n) is 2.61. The Kier molecular flexibility index (Phi) is 2.42. The first-order chi connectivity index (χ1) is 6.79. The molecular formula is C7H8N4O2S. The second-order valence-corrected chi connectivity index (χ2v) is 3.46. The smallest absolute Gasteiger partial charge is 0.307 e. The standard InChI is InChI=1S/C7H8N4O2S/c8-3-6-9-5(10-13-6)4-11-1-2-14-7(11)12/h1-2H,3-4,8H2. The van der Waals surface area contributed by atoms with Crippen molar-refractivity contribution in [2.24, 2.45) is 5.73 Å². The Bertz CT molecular complexity index is 472. The average Bonchev–Trinajstić information content (AvgIpc) is 2.77. The quantitative estimate of drug-likeness (QED) is 0.761. The molecule has 2 aromatic rings. The molecule has 0 unspecified atom stereocenters. The zero-order valence-corrected chi connectivity index (χ0v) is 8.03. The predicted octanol–water partition coefficient (Wildman–Crippen LogP) is -0.200. The molecule has 0 bridgehead atoms. The highest BCUT2D eigenvalue weighted by Crippen LogP contribution is 1.98. The van der Waals surface area contributed by atoms with Gasteiger partial charge in [-0.25, -0.2) is 0 Å². The van der Waals surface area contributed by atoms with Crippen LogP contribution in [0, 0.1) is 0 Å². The molecule has 0 aliphatic heterocycles. The van der Waals surface area contributed by atoms with Crippen LogP contribution in [0.4, 0.5) is 0 Å². The lowest BCUT2D eigenvalue weighted by Crippen LogP contribution is -2.13. The van der Waals surface area contributed by atoms with Crippen molar-refractivity contribution in [2.45, 2.75) is 13.1 Å². The fourth-order valence-corrected chi connectivity index (χ4v) is 1.58. The number of hydrogen-bond donors (Lipinski definition) is 1. The Hall–Kier alpha value is -1.47. The van der Waals surface area contributed by atoms with Gasteiger partial charge in [-0.1, -0.05) is 16.5 Å². The summed E-state index contributed by atoms with van der Waals surface area (Å²) in [4.78, 5) is 15.1. The number of hydrogen-bond acceptors (Lipinski definition) is 6. The van der Waals surface area contributed by atoms with Crippen LogP contribution < -0.4 is 10.6 Å². The van der Waals surface area contributed by atoms with E-state index in [1.54, 1.807) is 11.6 Å². The van der Waals surface area contributed by atoms with Gasteiger partial charge in [-0.05, 0) is 0 Å². The molecule has 74 valence electrons.